The van der Waals surface area contributed by atoms with Crippen LogP contribution in [0.5, 0.6) is 17.2 Å². The average molecular weight is 447 g/mol. The zero-order chi connectivity index (χ0) is 22.8. The van der Waals surface area contributed by atoms with Gasteiger partial charge in [-0.2, -0.15) is 0 Å². The summed E-state index contributed by atoms with van der Waals surface area (Å²) in [7, 11) is 0. The molecule has 0 spiro atoms. The van der Waals surface area contributed by atoms with Gasteiger partial charge in [-0.15, -0.1) is 0 Å². The molecule has 0 bridgehead atoms. The number of amides is 1. The molecule has 1 aliphatic carbocycles. The van der Waals surface area contributed by atoms with Crippen LogP contribution in [0.3, 0.4) is 0 Å². The maximum Gasteiger partial charge on any atom is 0.329 e. The van der Waals surface area contributed by atoms with Gasteiger partial charge in [0.05, 0.1) is 5.56 Å². The normalized spacial score (nSPS) is 18.6. The van der Waals surface area contributed by atoms with Gasteiger partial charge < -0.3 is 24.6 Å². The maximum atomic E-state index is 13.3. The van der Waals surface area contributed by atoms with E-state index in [0.29, 0.717) is 42.3 Å². The third-order valence-electron chi connectivity index (χ3n) is 6.32. The van der Waals surface area contributed by atoms with E-state index < -0.39 is 17.4 Å². The number of aliphatic carboxylic acids is 1. The molecule has 0 aromatic heterocycles. The first-order valence-electron chi connectivity index (χ1n) is 11.1. The predicted octanol–water partition coefficient (Wildman–Crippen LogP) is 4.19. The van der Waals surface area contributed by atoms with Crippen molar-refractivity contribution >= 4 is 22.6 Å². The second-order valence-corrected chi connectivity index (χ2v) is 8.52. The second kappa shape index (κ2) is 8.65. The number of carboxylic acids is 1. The summed E-state index contributed by atoms with van der Waals surface area (Å²) in [6.45, 7) is 0.498. The van der Waals surface area contributed by atoms with Crippen molar-refractivity contribution < 1.29 is 28.9 Å². The van der Waals surface area contributed by atoms with Crippen LogP contribution in [0.15, 0.2) is 60.7 Å². The second-order valence-electron chi connectivity index (χ2n) is 8.52. The Morgan fingerprint density at radius 1 is 1.00 bits per heavy atom. The number of para-hydroxylation sites is 2. The molecule has 1 atom stereocenters. The van der Waals surface area contributed by atoms with Crippen molar-refractivity contribution in [1.82, 2.24) is 5.32 Å². The van der Waals surface area contributed by atoms with Crippen LogP contribution in [-0.4, -0.2) is 41.8 Å². The van der Waals surface area contributed by atoms with Crippen LogP contribution in [0.4, 0.5) is 0 Å². The lowest BCUT2D eigenvalue weighted by atomic mass is 9.96. The number of rotatable bonds is 6. The Morgan fingerprint density at radius 2 is 1.73 bits per heavy atom. The van der Waals surface area contributed by atoms with Crippen LogP contribution in [0, 0.1) is 0 Å². The smallest absolute Gasteiger partial charge is 0.329 e. The highest BCUT2D eigenvalue weighted by Gasteiger charge is 2.43. The Labute approximate surface area is 191 Å². The molecule has 1 fully saturated rings. The molecule has 1 unspecified atom stereocenters. The number of carbonyl (C=O) groups is 2. The first-order chi connectivity index (χ1) is 16.1. The fourth-order valence-corrected chi connectivity index (χ4v) is 4.55. The molecule has 170 valence electrons. The van der Waals surface area contributed by atoms with Gasteiger partial charge in [0.1, 0.15) is 24.5 Å². The van der Waals surface area contributed by atoms with Crippen molar-refractivity contribution in [2.24, 2.45) is 0 Å². The van der Waals surface area contributed by atoms with E-state index in [2.05, 4.69) is 5.32 Å². The van der Waals surface area contributed by atoms with E-state index in [9.17, 15) is 14.7 Å². The summed E-state index contributed by atoms with van der Waals surface area (Å²) >= 11 is 0. The quantitative estimate of drug-likeness (QED) is 0.589. The van der Waals surface area contributed by atoms with Gasteiger partial charge in [-0.05, 0) is 36.4 Å². The molecular weight excluding hydrogens is 422 g/mol. The van der Waals surface area contributed by atoms with Gasteiger partial charge >= 0.3 is 5.97 Å². The van der Waals surface area contributed by atoms with E-state index in [0.717, 1.165) is 23.6 Å². The lowest BCUT2D eigenvalue weighted by Crippen LogP contribution is -2.52. The Hall–Kier alpha value is -3.74. The van der Waals surface area contributed by atoms with Gasteiger partial charge in [0.2, 0.25) is 0 Å². The van der Waals surface area contributed by atoms with Gasteiger partial charge in [0.25, 0.3) is 5.91 Å². The molecule has 2 N–H and O–H groups in total. The lowest BCUT2D eigenvalue weighted by Gasteiger charge is -2.28. The molecule has 0 saturated heterocycles. The molecular formula is C26H25NO6. The number of hydrogen-bond acceptors (Lipinski definition) is 5. The van der Waals surface area contributed by atoms with Crippen molar-refractivity contribution in [3.05, 3.63) is 66.2 Å². The van der Waals surface area contributed by atoms with Gasteiger partial charge in [0.15, 0.2) is 17.6 Å². The lowest BCUT2D eigenvalue weighted by molar-refractivity contribution is -0.144. The number of nitrogens with one attached hydrogen (secondary N) is 1. The third-order valence-corrected chi connectivity index (χ3v) is 6.32. The first kappa shape index (κ1) is 21.1. The number of hydrogen-bond donors (Lipinski definition) is 2. The SMILES string of the molecule is O=C(NC1(C(=O)O)CCCC1)c1ccc2ccccc2c1OCC1COc2ccccc2O1. The highest BCUT2D eigenvalue weighted by molar-refractivity contribution is 6.05. The molecule has 3 aromatic carbocycles. The van der Waals surface area contributed by atoms with Crippen LogP contribution in [-0.2, 0) is 4.79 Å². The Bertz CT molecular complexity index is 1200. The first-order valence-corrected chi connectivity index (χ1v) is 11.1. The molecule has 0 radical (unpaired) electrons. The van der Waals surface area contributed by atoms with Crippen LogP contribution < -0.4 is 19.5 Å². The average Bonchev–Trinajstić information content (AvgIpc) is 3.32. The number of carbonyl (C=O) groups excluding carboxylic acids is 1. The molecule has 7 heteroatoms. The van der Waals surface area contributed by atoms with Crippen molar-refractivity contribution in [2.75, 3.05) is 13.2 Å². The summed E-state index contributed by atoms with van der Waals surface area (Å²) in [6, 6.07) is 18.6. The maximum absolute atomic E-state index is 13.3. The largest absolute Gasteiger partial charge is 0.488 e. The predicted molar refractivity (Wildman–Crippen MR) is 122 cm³/mol. The molecule has 7 nitrogen and oxygen atoms in total. The van der Waals surface area contributed by atoms with E-state index in [4.69, 9.17) is 14.2 Å². The Balaban J connectivity index is 1.42. The summed E-state index contributed by atoms with van der Waals surface area (Å²) in [6.07, 6.45) is 2.03. The molecule has 1 saturated carbocycles. The van der Waals surface area contributed by atoms with Gasteiger partial charge in [-0.25, -0.2) is 4.79 Å². The van der Waals surface area contributed by atoms with Crippen LogP contribution in [0.1, 0.15) is 36.0 Å². The van der Waals surface area contributed by atoms with Crippen molar-refractivity contribution in [3.63, 3.8) is 0 Å². The van der Waals surface area contributed by atoms with Crippen LogP contribution in [0.25, 0.3) is 10.8 Å². The summed E-state index contributed by atoms with van der Waals surface area (Å²) < 4.78 is 17.9. The monoisotopic (exact) mass is 447 g/mol. The zero-order valence-corrected chi connectivity index (χ0v) is 18.1. The Kier molecular flexibility index (Phi) is 5.54. The van der Waals surface area contributed by atoms with Gasteiger partial charge in [-0.3, -0.25) is 4.79 Å². The van der Waals surface area contributed by atoms with E-state index in [-0.39, 0.29) is 12.7 Å². The zero-order valence-electron chi connectivity index (χ0n) is 18.1. The molecule has 33 heavy (non-hydrogen) atoms. The number of fused-ring (bicyclic) bond motifs is 2. The van der Waals surface area contributed by atoms with Crippen molar-refractivity contribution in [3.8, 4) is 17.2 Å². The summed E-state index contributed by atoms with van der Waals surface area (Å²) in [4.78, 5) is 25.2. The minimum Gasteiger partial charge on any atom is -0.488 e. The van der Waals surface area contributed by atoms with Crippen LogP contribution >= 0.6 is 0 Å². The summed E-state index contributed by atoms with van der Waals surface area (Å²) in [5, 5.41) is 14.3. The fourth-order valence-electron chi connectivity index (χ4n) is 4.55. The van der Waals surface area contributed by atoms with Gasteiger partial charge in [0, 0.05) is 5.39 Å². The molecule has 1 heterocycles. The minimum atomic E-state index is -1.23. The highest BCUT2D eigenvalue weighted by atomic mass is 16.6. The molecule has 1 amide bonds. The van der Waals surface area contributed by atoms with E-state index in [1.807, 2.05) is 54.6 Å². The number of benzene rings is 3. The Morgan fingerprint density at radius 3 is 2.52 bits per heavy atom. The van der Waals surface area contributed by atoms with Crippen molar-refractivity contribution in [1.29, 1.82) is 0 Å². The van der Waals surface area contributed by atoms with E-state index in [1.54, 1.807) is 6.07 Å². The van der Waals surface area contributed by atoms with Crippen molar-refractivity contribution in [2.45, 2.75) is 37.3 Å². The molecule has 5 rings (SSSR count). The number of carboxylic acid groups (broad SMARTS) is 1. The van der Waals surface area contributed by atoms with E-state index >= 15 is 0 Å². The van der Waals surface area contributed by atoms with E-state index in [1.165, 1.54) is 0 Å². The summed E-state index contributed by atoms with van der Waals surface area (Å²) in [5.41, 5.74) is -0.928. The standard InChI is InChI=1S/C26H25NO6/c28-24(27-26(25(29)30)13-5-6-14-26)20-12-11-17-7-1-2-8-19(17)23(20)32-16-18-15-31-21-9-3-4-10-22(21)33-18/h1-4,7-12,18H,5-6,13-16H2,(H,27,28)(H,29,30). The minimum absolute atomic E-state index is 0.173. The fraction of sp³-hybridized carbons (Fsp3) is 0.308. The van der Waals surface area contributed by atoms with Gasteiger partial charge in [-0.1, -0.05) is 55.3 Å². The molecule has 1 aliphatic heterocycles. The topological polar surface area (TPSA) is 94.1 Å². The summed E-state index contributed by atoms with van der Waals surface area (Å²) in [5.74, 6) is 0.299. The number of ether oxygens (including phenoxy) is 3. The van der Waals surface area contributed by atoms with Crippen LogP contribution in [0.2, 0.25) is 0 Å². The third kappa shape index (κ3) is 4.06. The molecule has 3 aromatic rings. The highest BCUT2D eigenvalue weighted by Crippen LogP contribution is 2.35. The molecule has 2 aliphatic rings.